The third-order valence-electron chi connectivity index (χ3n) is 6.12. The highest BCUT2D eigenvalue weighted by Gasteiger charge is 2.27. The van der Waals surface area contributed by atoms with Crippen molar-refractivity contribution in [2.75, 3.05) is 6.26 Å². The smallest absolute Gasteiger partial charge is 0.310 e. The number of hydrogen-bond acceptors (Lipinski definition) is 5. The summed E-state index contributed by atoms with van der Waals surface area (Å²) >= 11 is 0. The average molecular weight is 535 g/mol. The Hall–Kier alpha value is -3.78. The summed E-state index contributed by atoms with van der Waals surface area (Å²) in [4.78, 5) is 13.1. The summed E-state index contributed by atoms with van der Waals surface area (Å²) < 4.78 is 45.4. The van der Waals surface area contributed by atoms with Gasteiger partial charge in [-0.3, -0.25) is 9.48 Å². The highest BCUT2D eigenvalue weighted by atomic mass is 32.2. The Kier molecular flexibility index (Phi) is 7.56. The van der Waals surface area contributed by atoms with Crippen LogP contribution in [0.1, 0.15) is 49.2 Å². The molecule has 1 unspecified atom stereocenters. The Morgan fingerprint density at radius 1 is 0.947 bits per heavy atom. The van der Waals surface area contributed by atoms with Crippen molar-refractivity contribution in [1.82, 2.24) is 9.78 Å². The van der Waals surface area contributed by atoms with Crippen LogP contribution in [0.25, 0.3) is 11.3 Å². The molecule has 0 N–H and O–H groups in total. The second kappa shape index (κ2) is 10.5. The van der Waals surface area contributed by atoms with Gasteiger partial charge in [0, 0.05) is 23.1 Å². The monoisotopic (exact) mass is 534 g/mol. The number of sulfone groups is 1. The van der Waals surface area contributed by atoms with E-state index in [1.54, 1.807) is 36.4 Å². The zero-order chi connectivity index (χ0) is 27.7. The summed E-state index contributed by atoms with van der Waals surface area (Å²) in [5.74, 6) is -0.735. The van der Waals surface area contributed by atoms with E-state index >= 15 is 0 Å². The summed E-state index contributed by atoms with van der Waals surface area (Å²) in [6.45, 7) is 7.36. The van der Waals surface area contributed by atoms with Crippen LogP contribution < -0.4 is 0 Å². The lowest BCUT2D eigenvalue weighted by molar-refractivity contribution is -0.153. The van der Waals surface area contributed by atoms with E-state index in [0.717, 1.165) is 34.2 Å². The molecule has 0 saturated heterocycles. The standard InChI is InChI=1S/C30H31FN2O4S/c1-20-26(19-27(34)37-30(2,3)4)28(21-9-7-6-8-10-21)32-33(20)29(22-11-15-24(31)16-12-22)23-13-17-25(18-14-23)38(5,35)36/h6-18,29H,19H2,1-5H3. The maximum absolute atomic E-state index is 13.8. The summed E-state index contributed by atoms with van der Waals surface area (Å²) in [5, 5.41) is 4.97. The number of ether oxygens (including phenoxy) is 1. The lowest BCUT2D eigenvalue weighted by Gasteiger charge is -2.21. The van der Waals surface area contributed by atoms with Gasteiger partial charge in [0.25, 0.3) is 0 Å². The van der Waals surface area contributed by atoms with E-state index in [-0.39, 0.29) is 23.1 Å². The van der Waals surface area contributed by atoms with Crippen LogP contribution in [-0.2, 0) is 25.8 Å². The number of rotatable bonds is 7. The number of nitrogens with zero attached hydrogens (tertiary/aromatic N) is 2. The molecule has 0 aliphatic rings. The number of carbonyl (C=O) groups is 1. The van der Waals surface area contributed by atoms with Gasteiger partial charge in [-0.25, -0.2) is 12.8 Å². The predicted molar refractivity (Wildman–Crippen MR) is 145 cm³/mol. The molecule has 4 aromatic rings. The normalized spacial score (nSPS) is 12.8. The molecule has 38 heavy (non-hydrogen) atoms. The highest BCUT2D eigenvalue weighted by molar-refractivity contribution is 7.90. The lowest BCUT2D eigenvalue weighted by Crippen LogP contribution is -2.25. The first kappa shape index (κ1) is 27.3. The van der Waals surface area contributed by atoms with E-state index < -0.39 is 21.5 Å². The third kappa shape index (κ3) is 6.19. The van der Waals surface area contributed by atoms with Gasteiger partial charge in [0.15, 0.2) is 9.84 Å². The molecule has 0 aliphatic carbocycles. The van der Waals surface area contributed by atoms with E-state index in [4.69, 9.17) is 9.84 Å². The summed E-state index contributed by atoms with van der Waals surface area (Å²) in [6.07, 6.45) is 1.18. The zero-order valence-electron chi connectivity index (χ0n) is 22.1. The molecule has 1 aromatic heterocycles. The van der Waals surface area contributed by atoms with Crippen LogP contribution in [0, 0.1) is 12.7 Å². The van der Waals surface area contributed by atoms with Crippen LogP contribution in [0.4, 0.5) is 4.39 Å². The number of aromatic nitrogens is 2. The predicted octanol–water partition coefficient (Wildman–Crippen LogP) is 5.92. The van der Waals surface area contributed by atoms with Gasteiger partial charge >= 0.3 is 5.97 Å². The summed E-state index contributed by atoms with van der Waals surface area (Å²) in [5.41, 5.74) is 3.85. The minimum Gasteiger partial charge on any atom is -0.460 e. The first-order valence-corrected chi connectivity index (χ1v) is 14.1. The van der Waals surface area contributed by atoms with Gasteiger partial charge in [-0.2, -0.15) is 5.10 Å². The Bertz CT molecular complexity index is 1540. The van der Waals surface area contributed by atoms with Crippen molar-refractivity contribution in [2.24, 2.45) is 0 Å². The molecular weight excluding hydrogens is 503 g/mol. The number of hydrogen-bond donors (Lipinski definition) is 0. The van der Waals surface area contributed by atoms with Gasteiger partial charge < -0.3 is 4.74 Å². The minimum atomic E-state index is -3.38. The van der Waals surface area contributed by atoms with Gasteiger partial charge in [0.1, 0.15) is 17.5 Å². The first-order chi connectivity index (χ1) is 17.8. The Labute approximate surface area is 223 Å². The highest BCUT2D eigenvalue weighted by Crippen LogP contribution is 2.34. The van der Waals surface area contributed by atoms with E-state index in [2.05, 4.69) is 0 Å². The SMILES string of the molecule is Cc1c(CC(=O)OC(C)(C)C)c(-c2ccccc2)nn1C(c1ccc(F)cc1)c1ccc(S(C)(=O)=O)cc1. The molecule has 0 fully saturated rings. The van der Waals surface area contributed by atoms with Crippen LogP contribution in [0.3, 0.4) is 0 Å². The molecule has 198 valence electrons. The van der Waals surface area contributed by atoms with Crippen LogP contribution in [-0.4, -0.2) is 36.0 Å². The topological polar surface area (TPSA) is 78.3 Å². The molecule has 0 bridgehead atoms. The molecule has 1 atom stereocenters. The molecule has 1 heterocycles. The molecule has 8 heteroatoms. The molecule has 0 amide bonds. The Morgan fingerprint density at radius 3 is 2.03 bits per heavy atom. The third-order valence-corrected chi connectivity index (χ3v) is 7.25. The molecule has 6 nitrogen and oxygen atoms in total. The van der Waals surface area contributed by atoms with Crippen LogP contribution in [0.15, 0.2) is 83.8 Å². The molecule has 4 rings (SSSR count). The maximum atomic E-state index is 13.8. The number of esters is 1. The van der Waals surface area contributed by atoms with Crippen molar-refractivity contribution in [3.63, 3.8) is 0 Å². The number of carbonyl (C=O) groups excluding carboxylic acids is 1. The Balaban J connectivity index is 1.90. The summed E-state index contributed by atoms with van der Waals surface area (Å²) in [6, 6.07) is 21.8. The fourth-order valence-electron chi connectivity index (χ4n) is 4.38. The molecule has 0 aliphatic heterocycles. The number of benzene rings is 3. The van der Waals surface area contributed by atoms with Crippen molar-refractivity contribution >= 4 is 15.8 Å². The zero-order valence-corrected chi connectivity index (χ0v) is 22.9. The van der Waals surface area contributed by atoms with Gasteiger partial charge in [-0.1, -0.05) is 54.6 Å². The van der Waals surface area contributed by atoms with Crippen molar-refractivity contribution < 1.29 is 22.3 Å². The van der Waals surface area contributed by atoms with Gasteiger partial charge in [-0.15, -0.1) is 0 Å². The van der Waals surface area contributed by atoms with Crippen molar-refractivity contribution in [1.29, 1.82) is 0 Å². The minimum absolute atomic E-state index is 0.0243. The van der Waals surface area contributed by atoms with Gasteiger partial charge in [0.2, 0.25) is 0 Å². The van der Waals surface area contributed by atoms with Crippen LogP contribution in [0.2, 0.25) is 0 Å². The maximum Gasteiger partial charge on any atom is 0.310 e. The fourth-order valence-corrected chi connectivity index (χ4v) is 5.01. The van der Waals surface area contributed by atoms with E-state index in [1.807, 2.05) is 62.7 Å². The van der Waals surface area contributed by atoms with E-state index in [1.165, 1.54) is 12.1 Å². The second-order valence-electron chi connectivity index (χ2n) is 10.3. The molecule has 0 radical (unpaired) electrons. The van der Waals surface area contributed by atoms with Crippen molar-refractivity contribution in [2.45, 2.75) is 50.7 Å². The quantitative estimate of drug-likeness (QED) is 0.275. The van der Waals surface area contributed by atoms with E-state index in [0.29, 0.717) is 5.69 Å². The van der Waals surface area contributed by atoms with Crippen molar-refractivity contribution in [3.05, 3.63) is 107 Å². The second-order valence-corrected chi connectivity index (χ2v) is 12.3. The number of halogens is 1. The van der Waals surface area contributed by atoms with Gasteiger partial charge in [-0.05, 0) is 63.1 Å². The Morgan fingerprint density at radius 2 is 1.50 bits per heavy atom. The van der Waals surface area contributed by atoms with Crippen LogP contribution >= 0.6 is 0 Å². The lowest BCUT2D eigenvalue weighted by atomic mass is 9.98. The average Bonchev–Trinajstić information content (AvgIpc) is 3.15. The molecular formula is C30H31FN2O4S. The fraction of sp³-hybridized carbons (Fsp3) is 0.267. The van der Waals surface area contributed by atoms with E-state index in [9.17, 15) is 17.6 Å². The summed E-state index contributed by atoms with van der Waals surface area (Å²) in [7, 11) is -3.38. The molecule has 0 spiro atoms. The molecule has 3 aromatic carbocycles. The first-order valence-electron chi connectivity index (χ1n) is 12.2. The van der Waals surface area contributed by atoms with Crippen LogP contribution in [0.5, 0.6) is 0 Å². The van der Waals surface area contributed by atoms with Crippen molar-refractivity contribution in [3.8, 4) is 11.3 Å². The molecule has 0 saturated carbocycles. The largest absolute Gasteiger partial charge is 0.460 e. The van der Waals surface area contributed by atoms with Gasteiger partial charge in [0.05, 0.1) is 17.0 Å².